The van der Waals surface area contributed by atoms with Crippen molar-refractivity contribution in [3.8, 4) is 0 Å². The molecule has 0 bridgehead atoms. The number of ketones is 2. The number of halogens is 2. The number of esters is 2. The van der Waals surface area contributed by atoms with Crippen molar-refractivity contribution in [2.75, 3.05) is 19.8 Å². The van der Waals surface area contributed by atoms with Gasteiger partial charge >= 0.3 is 11.9 Å². The molecule has 15 nitrogen and oxygen atoms in total. The molecule has 3 saturated carbocycles. The fraction of sp³-hybridized carbons (Fsp3) is 0.765. The molecule has 0 radical (unpaired) electrons. The van der Waals surface area contributed by atoms with E-state index < -0.39 is 92.4 Å². The monoisotopic (exact) mass is 728 g/mol. The highest BCUT2D eigenvalue weighted by Gasteiger charge is 2.78. The third-order valence-corrected chi connectivity index (χ3v) is 11.7. The Morgan fingerprint density at radius 3 is 2.12 bits per heavy atom. The Kier molecular flexibility index (Phi) is 12.2. The van der Waals surface area contributed by atoms with Crippen LogP contribution in [0.2, 0.25) is 0 Å². The van der Waals surface area contributed by atoms with Crippen LogP contribution in [-0.2, 0) is 38.3 Å². The number of hydrogen-bond acceptors (Lipinski definition) is 13. The number of ether oxygens (including phenoxy) is 2. The van der Waals surface area contributed by atoms with Crippen molar-refractivity contribution in [3.63, 3.8) is 0 Å². The quantitative estimate of drug-likeness (QED) is 0.0894. The molecular weight excluding hydrogens is 682 g/mol. The number of fused-ring (bicyclic) bond motifs is 5. The molecular formula is C34H46F2N2O13. The summed E-state index contributed by atoms with van der Waals surface area (Å²) in [5.41, 5.74) is -7.60. The van der Waals surface area contributed by atoms with E-state index in [9.17, 15) is 44.5 Å². The molecule has 0 heterocycles. The summed E-state index contributed by atoms with van der Waals surface area (Å²) in [4.78, 5) is 81.8. The zero-order valence-electron chi connectivity index (χ0n) is 29.0. The van der Waals surface area contributed by atoms with Gasteiger partial charge in [-0.25, -0.2) is 8.78 Å². The van der Waals surface area contributed by atoms with Gasteiger partial charge in [0.1, 0.15) is 6.17 Å². The van der Waals surface area contributed by atoms with Crippen LogP contribution in [0.4, 0.5) is 8.78 Å². The van der Waals surface area contributed by atoms with Crippen LogP contribution in [0.5, 0.6) is 0 Å². The number of unbranched alkanes of at least 4 members (excludes halogenated alkanes) is 4. The molecule has 4 rings (SSSR count). The number of rotatable bonds is 18. The average Bonchev–Trinajstić information content (AvgIpc) is 3.27. The van der Waals surface area contributed by atoms with Gasteiger partial charge in [0.2, 0.25) is 5.78 Å². The van der Waals surface area contributed by atoms with Gasteiger partial charge in [0.15, 0.2) is 23.7 Å². The van der Waals surface area contributed by atoms with Crippen molar-refractivity contribution in [3.05, 3.63) is 44.0 Å². The maximum atomic E-state index is 17.7. The van der Waals surface area contributed by atoms with E-state index in [2.05, 4.69) is 9.68 Å². The second-order valence-electron chi connectivity index (χ2n) is 14.5. The van der Waals surface area contributed by atoms with Crippen molar-refractivity contribution in [2.45, 2.75) is 115 Å². The summed E-state index contributed by atoms with van der Waals surface area (Å²) in [7, 11) is 0. The number of carbonyl (C=O) groups is 4. The zero-order valence-corrected chi connectivity index (χ0v) is 29.0. The van der Waals surface area contributed by atoms with Gasteiger partial charge in [-0.2, -0.15) is 0 Å². The first kappa shape index (κ1) is 39.8. The summed E-state index contributed by atoms with van der Waals surface area (Å²) in [6.07, 6.45) is 1.01. The minimum absolute atomic E-state index is 0.0583. The van der Waals surface area contributed by atoms with E-state index in [0.29, 0.717) is 25.7 Å². The van der Waals surface area contributed by atoms with Crippen LogP contribution in [0.25, 0.3) is 0 Å². The van der Waals surface area contributed by atoms with Gasteiger partial charge in [-0.05, 0) is 75.5 Å². The average molecular weight is 729 g/mol. The summed E-state index contributed by atoms with van der Waals surface area (Å²) in [5.74, 6) is -5.51. The number of aliphatic hydroxyl groups excluding tert-OH is 1. The molecule has 1 N–H and O–H groups in total. The van der Waals surface area contributed by atoms with Crippen LogP contribution in [0, 0.1) is 48.8 Å². The number of carbonyl (C=O) groups excluding carboxylic acids is 4. The van der Waals surface area contributed by atoms with Crippen LogP contribution >= 0.6 is 0 Å². The summed E-state index contributed by atoms with van der Waals surface area (Å²) in [6, 6.07) is 0. The van der Waals surface area contributed by atoms with E-state index in [1.54, 1.807) is 13.8 Å². The molecule has 9 atom stereocenters. The van der Waals surface area contributed by atoms with E-state index in [4.69, 9.17) is 9.47 Å². The van der Waals surface area contributed by atoms with E-state index in [1.807, 2.05) is 0 Å². The lowest BCUT2D eigenvalue weighted by Crippen LogP contribution is -2.71. The van der Waals surface area contributed by atoms with Crippen LogP contribution in [-0.4, -0.2) is 82.2 Å². The molecule has 0 aromatic rings. The first-order chi connectivity index (χ1) is 23.9. The first-order valence-corrected chi connectivity index (χ1v) is 17.4. The first-order valence-electron chi connectivity index (χ1n) is 17.4. The summed E-state index contributed by atoms with van der Waals surface area (Å²) in [6.45, 7) is 3.60. The fourth-order valence-corrected chi connectivity index (χ4v) is 9.32. The SMILES string of the molecule is C[C@@H]1CC2C3C[C@H](F)C4=CC(=O)C=C[C@]4(C)[C@@]3(F)[C@@H](O)C[C@]2(C)[C@@]1(OC(=O)CCCCCO[N+](=O)[O-])C(=O)COC(=O)CCCCCO[N+](=O)[O-]. The highest BCUT2D eigenvalue weighted by molar-refractivity contribution is 6.01. The predicted octanol–water partition coefficient (Wildman–Crippen LogP) is 4.48. The number of allylic oxidation sites excluding steroid dienone is 4. The maximum absolute atomic E-state index is 17.7. The number of nitrogens with zero attached hydrogens (tertiary/aromatic N) is 2. The summed E-state index contributed by atoms with van der Waals surface area (Å²) >= 11 is 0. The second-order valence-corrected chi connectivity index (χ2v) is 14.5. The van der Waals surface area contributed by atoms with Gasteiger partial charge in [-0.3, -0.25) is 19.2 Å². The van der Waals surface area contributed by atoms with Gasteiger partial charge in [-0.15, -0.1) is 20.2 Å². The van der Waals surface area contributed by atoms with Gasteiger partial charge in [-0.1, -0.05) is 32.8 Å². The Bertz CT molecular complexity index is 1460. The number of Topliss-reactive ketones (excluding diaryl/α,β-unsaturated/α-hetero) is 1. The third-order valence-electron chi connectivity index (χ3n) is 11.7. The molecule has 51 heavy (non-hydrogen) atoms. The summed E-state index contributed by atoms with van der Waals surface area (Å²) < 4.78 is 45.1. The Hall–Kier alpha value is -4.02. The topological polar surface area (TPSA) is 212 Å². The van der Waals surface area contributed by atoms with Gasteiger partial charge < -0.3 is 24.3 Å². The van der Waals surface area contributed by atoms with E-state index in [-0.39, 0.29) is 63.7 Å². The Labute approximate surface area is 293 Å². The molecule has 0 saturated heterocycles. The van der Waals surface area contributed by atoms with Gasteiger partial charge in [0, 0.05) is 35.5 Å². The maximum Gasteiger partial charge on any atom is 0.306 e. The van der Waals surface area contributed by atoms with Crippen LogP contribution in [0.3, 0.4) is 0 Å². The van der Waals surface area contributed by atoms with E-state index >= 15 is 8.78 Å². The lowest BCUT2D eigenvalue weighted by molar-refractivity contribution is -0.757. The molecule has 0 aliphatic heterocycles. The number of aliphatic hydroxyl groups is 1. The minimum Gasteiger partial charge on any atom is -0.457 e. The van der Waals surface area contributed by atoms with Crippen molar-refractivity contribution in [2.24, 2.45) is 28.6 Å². The van der Waals surface area contributed by atoms with Gasteiger partial charge in [0.05, 0.1) is 19.3 Å². The number of hydrogen-bond donors (Lipinski definition) is 1. The van der Waals surface area contributed by atoms with Crippen LogP contribution < -0.4 is 0 Å². The predicted molar refractivity (Wildman–Crippen MR) is 171 cm³/mol. The molecule has 4 aliphatic rings. The largest absolute Gasteiger partial charge is 0.457 e. The highest BCUT2D eigenvalue weighted by Crippen LogP contribution is 2.71. The number of alkyl halides is 2. The normalized spacial score (nSPS) is 35.1. The van der Waals surface area contributed by atoms with Crippen molar-refractivity contribution < 1.29 is 62.4 Å². The molecule has 4 aliphatic carbocycles. The smallest absolute Gasteiger partial charge is 0.306 e. The molecule has 0 aromatic heterocycles. The molecule has 3 fully saturated rings. The fourth-order valence-electron chi connectivity index (χ4n) is 9.32. The van der Waals surface area contributed by atoms with Crippen LogP contribution in [0.1, 0.15) is 91.4 Å². The second kappa shape index (κ2) is 15.7. The minimum atomic E-state index is -2.44. The van der Waals surface area contributed by atoms with Crippen molar-refractivity contribution in [1.29, 1.82) is 0 Å². The van der Waals surface area contributed by atoms with Gasteiger partial charge in [0.25, 0.3) is 10.2 Å². The lowest BCUT2D eigenvalue weighted by atomic mass is 9.44. The Morgan fingerprint density at radius 2 is 1.53 bits per heavy atom. The standard InChI is InChI=1S/C34H46F2N2O13/c1-21-16-23-24-18-26(35)25-17-22(39)12-13-31(25,2)33(24,36)27(40)19-32(23,3)34(21,51-30(43)11-7-5-9-15-50-38(46)47)28(41)20-48-29(42)10-6-4-8-14-49-37(44)45/h12-13,17,21,23-24,26-27,40H,4-11,14-16,18-20H2,1-3H3/t21-,23?,24?,26+,27+,31+,32+,33+,34+/m1/s1. The molecule has 284 valence electrons. The Morgan fingerprint density at radius 1 is 0.941 bits per heavy atom. The zero-order chi connectivity index (χ0) is 37.8. The lowest BCUT2D eigenvalue weighted by Gasteiger charge is -2.63. The van der Waals surface area contributed by atoms with Crippen molar-refractivity contribution in [1.82, 2.24) is 0 Å². The Balaban J connectivity index is 1.58. The molecule has 0 spiro atoms. The van der Waals surface area contributed by atoms with E-state index in [0.717, 1.165) is 12.2 Å². The third kappa shape index (κ3) is 7.49. The molecule has 17 heteroatoms. The summed E-state index contributed by atoms with van der Waals surface area (Å²) in [5, 5.41) is 30.6. The van der Waals surface area contributed by atoms with E-state index in [1.165, 1.54) is 13.0 Å². The molecule has 2 unspecified atom stereocenters. The van der Waals surface area contributed by atoms with Crippen molar-refractivity contribution >= 4 is 23.5 Å². The van der Waals surface area contributed by atoms with Crippen LogP contribution in [0.15, 0.2) is 23.8 Å². The molecule has 0 amide bonds. The molecule has 0 aromatic carbocycles. The highest BCUT2D eigenvalue weighted by atomic mass is 19.1.